The van der Waals surface area contributed by atoms with Crippen LogP contribution in [0.1, 0.15) is 67.6 Å². The van der Waals surface area contributed by atoms with E-state index in [0.717, 1.165) is 18.8 Å². The molecular formula is C27H37N3O3. The van der Waals surface area contributed by atoms with Crippen molar-refractivity contribution in [1.29, 1.82) is 0 Å². The fourth-order valence-electron chi connectivity index (χ4n) is 4.15. The van der Waals surface area contributed by atoms with Crippen LogP contribution < -0.4 is 15.4 Å². The standard InChI is InChI=1S/C27H37N3O3/c1-27(2,3)22-11-7-21(8-12-22)26(32)28-16-15-25(31)29-19-24(30-17-5-6-18-30)20-9-13-23(33-4)14-10-20/h7-14,24H,5-6,15-19H2,1-4H3,(H,28,32)(H,29,31)/t24-/m0/s1. The highest BCUT2D eigenvalue weighted by molar-refractivity contribution is 5.94. The number of nitrogens with one attached hydrogen (secondary N) is 2. The first-order chi connectivity index (χ1) is 15.8. The van der Waals surface area contributed by atoms with Gasteiger partial charge < -0.3 is 15.4 Å². The average Bonchev–Trinajstić information content (AvgIpc) is 3.33. The van der Waals surface area contributed by atoms with E-state index >= 15 is 0 Å². The normalized spacial score (nSPS) is 15.2. The van der Waals surface area contributed by atoms with Crippen LogP contribution in [0.5, 0.6) is 5.75 Å². The number of methoxy groups -OCH3 is 1. The highest BCUT2D eigenvalue weighted by Crippen LogP contribution is 2.26. The molecular weight excluding hydrogens is 414 g/mol. The van der Waals surface area contributed by atoms with Crippen molar-refractivity contribution < 1.29 is 14.3 Å². The number of ether oxygens (including phenoxy) is 1. The zero-order valence-electron chi connectivity index (χ0n) is 20.3. The van der Waals surface area contributed by atoms with Crippen LogP contribution >= 0.6 is 0 Å². The summed E-state index contributed by atoms with van der Waals surface area (Å²) in [4.78, 5) is 27.3. The maximum absolute atomic E-state index is 12.5. The van der Waals surface area contributed by atoms with Crippen molar-refractivity contribution in [3.8, 4) is 5.75 Å². The molecule has 1 aliphatic heterocycles. The van der Waals surface area contributed by atoms with Gasteiger partial charge in [0.2, 0.25) is 5.91 Å². The van der Waals surface area contributed by atoms with Gasteiger partial charge in [-0.05, 0) is 66.7 Å². The summed E-state index contributed by atoms with van der Waals surface area (Å²) in [7, 11) is 1.66. The van der Waals surface area contributed by atoms with Gasteiger partial charge in [0.05, 0.1) is 13.2 Å². The Morgan fingerprint density at radius 1 is 0.970 bits per heavy atom. The Bertz CT molecular complexity index is 911. The van der Waals surface area contributed by atoms with E-state index in [9.17, 15) is 9.59 Å². The van der Waals surface area contributed by atoms with Gasteiger partial charge in [0.25, 0.3) is 5.91 Å². The molecule has 0 aromatic heterocycles. The van der Waals surface area contributed by atoms with Crippen LogP contribution in [0.2, 0.25) is 0 Å². The monoisotopic (exact) mass is 451 g/mol. The van der Waals surface area contributed by atoms with Crippen molar-refractivity contribution in [2.24, 2.45) is 0 Å². The van der Waals surface area contributed by atoms with Crippen molar-refractivity contribution in [2.75, 3.05) is 33.3 Å². The molecule has 33 heavy (non-hydrogen) atoms. The van der Waals surface area contributed by atoms with Gasteiger partial charge >= 0.3 is 0 Å². The number of hydrogen-bond donors (Lipinski definition) is 2. The second-order valence-electron chi connectivity index (χ2n) is 9.67. The second-order valence-corrected chi connectivity index (χ2v) is 9.67. The zero-order valence-corrected chi connectivity index (χ0v) is 20.3. The number of amides is 2. The van der Waals surface area contributed by atoms with Crippen molar-refractivity contribution >= 4 is 11.8 Å². The molecule has 1 aliphatic rings. The fourth-order valence-corrected chi connectivity index (χ4v) is 4.15. The molecule has 178 valence electrons. The van der Waals surface area contributed by atoms with Crippen LogP contribution in [-0.2, 0) is 10.2 Å². The third kappa shape index (κ3) is 7.06. The minimum Gasteiger partial charge on any atom is -0.497 e. The molecule has 1 saturated heterocycles. The topological polar surface area (TPSA) is 70.7 Å². The van der Waals surface area contributed by atoms with Gasteiger partial charge in [-0.3, -0.25) is 14.5 Å². The largest absolute Gasteiger partial charge is 0.497 e. The average molecular weight is 452 g/mol. The molecule has 0 bridgehead atoms. The van der Waals surface area contributed by atoms with Crippen LogP contribution in [0.15, 0.2) is 48.5 Å². The van der Waals surface area contributed by atoms with Crippen LogP contribution in [0.25, 0.3) is 0 Å². The lowest BCUT2D eigenvalue weighted by molar-refractivity contribution is -0.121. The maximum atomic E-state index is 12.5. The quantitative estimate of drug-likeness (QED) is 0.603. The van der Waals surface area contributed by atoms with Gasteiger partial charge in [0, 0.05) is 25.1 Å². The highest BCUT2D eigenvalue weighted by Gasteiger charge is 2.24. The van der Waals surface area contributed by atoms with Crippen LogP contribution in [-0.4, -0.2) is 50.0 Å². The first kappa shape index (κ1) is 24.8. The summed E-state index contributed by atoms with van der Waals surface area (Å²) in [6.07, 6.45) is 2.62. The third-order valence-electron chi connectivity index (χ3n) is 6.23. The van der Waals surface area contributed by atoms with E-state index in [1.807, 2.05) is 36.4 Å². The number of carbonyl (C=O) groups excluding carboxylic acids is 2. The zero-order chi connectivity index (χ0) is 23.8. The van der Waals surface area contributed by atoms with Crippen molar-refractivity contribution in [2.45, 2.75) is 51.5 Å². The Labute approximate surface area is 197 Å². The number of nitrogens with zero attached hydrogens (tertiary/aromatic N) is 1. The van der Waals surface area contributed by atoms with Crippen LogP contribution in [0.4, 0.5) is 0 Å². The van der Waals surface area contributed by atoms with Gasteiger partial charge in [-0.15, -0.1) is 0 Å². The first-order valence-corrected chi connectivity index (χ1v) is 11.8. The Morgan fingerprint density at radius 2 is 1.61 bits per heavy atom. The summed E-state index contributed by atoms with van der Waals surface area (Å²) < 4.78 is 5.27. The predicted octanol–water partition coefficient (Wildman–Crippen LogP) is 4.07. The molecule has 0 unspecified atom stereocenters. The minimum atomic E-state index is -0.156. The molecule has 2 amide bonds. The van der Waals surface area contributed by atoms with Crippen molar-refractivity contribution in [1.82, 2.24) is 15.5 Å². The van der Waals surface area contributed by atoms with Crippen LogP contribution in [0.3, 0.4) is 0 Å². The number of benzene rings is 2. The Balaban J connectivity index is 1.48. The second kappa shape index (κ2) is 11.3. The number of rotatable bonds is 9. The Kier molecular flexibility index (Phi) is 8.50. The van der Waals surface area contributed by atoms with Crippen LogP contribution in [0, 0.1) is 0 Å². The molecule has 2 aromatic rings. The molecule has 1 heterocycles. The molecule has 2 N–H and O–H groups in total. The fraction of sp³-hybridized carbons (Fsp3) is 0.481. The van der Waals surface area contributed by atoms with Gasteiger partial charge in [0.1, 0.15) is 5.75 Å². The third-order valence-corrected chi connectivity index (χ3v) is 6.23. The van der Waals surface area contributed by atoms with Crippen molar-refractivity contribution in [3.63, 3.8) is 0 Å². The molecule has 6 heteroatoms. The maximum Gasteiger partial charge on any atom is 0.251 e. The number of carbonyl (C=O) groups is 2. The summed E-state index contributed by atoms with van der Waals surface area (Å²) in [5.41, 5.74) is 3.01. The molecule has 0 spiro atoms. The molecule has 0 aliphatic carbocycles. The van der Waals surface area contributed by atoms with Crippen molar-refractivity contribution in [3.05, 3.63) is 65.2 Å². The molecule has 3 rings (SSSR count). The van der Waals surface area contributed by atoms with Gasteiger partial charge in [-0.1, -0.05) is 45.0 Å². The smallest absolute Gasteiger partial charge is 0.251 e. The lowest BCUT2D eigenvalue weighted by Crippen LogP contribution is -2.38. The van der Waals surface area contributed by atoms with E-state index in [4.69, 9.17) is 4.74 Å². The molecule has 6 nitrogen and oxygen atoms in total. The highest BCUT2D eigenvalue weighted by atomic mass is 16.5. The summed E-state index contributed by atoms with van der Waals surface area (Å²) in [5.74, 6) is 0.610. The molecule has 0 saturated carbocycles. The summed E-state index contributed by atoms with van der Waals surface area (Å²) in [5, 5.41) is 5.91. The van der Waals surface area contributed by atoms with E-state index in [1.165, 1.54) is 24.0 Å². The SMILES string of the molecule is COc1ccc([C@H](CNC(=O)CCNC(=O)c2ccc(C(C)(C)C)cc2)N2CCCC2)cc1. The number of hydrogen-bond acceptors (Lipinski definition) is 4. The van der Waals surface area contributed by atoms with E-state index in [-0.39, 0.29) is 29.7 Å². The summed E-state index contributed by atoms with van der Waals surface area (Å²) in [6.45, 7) is 9.36. The lowest BCUT2D eigenvalue weighted by atomic mass is 9.87. The van der Waals surface area contributed by atoms with Gasteiger partial charge in [-0.2, -0.15) is 0 Å². The van der Waals surface area contributed by atoms with E-state index < -0.39 is 0 Å². The van der Waals surface area contributed by atoms with E-state index in [1.54, 1.807) is 7.11 Å². The number of likely N-dealkylation sites (tertiary alicyclic amines) is 1. The summed E-state index contributed by atoms with van der Waals surface area (Å²) in [6, 6.07) is 15.8. The molecule has 1 fully saturated rings. The summed E-state index contributed by atoms with van der Waals surface area (Å²) >= 11 is 0. The Hall–Kier alpha value is -2.86. The molecule has 1 atom stereocenters. The molecule has 2 aromatic carbocycles. The van der Waals surface area contributed by atoms with Gasteiger partial charge in [-0.25, -0.2) is 0 Å². The van der Waals surface area contributed by atoms with E-state index in [2.05, 4.69) is 48.4 Å². The van der Waals surface area contributed by atoms with E-state index in [0.29, 0.717) is 18.7 Å². The van der Waals surface area contributed by atoms with Gasteiger partial charge in [0.15, 0.2) is 0 Å². The minimum absolute atomic E-state index is 0.0475. The Morgan fingerprint density at radius 3 is 2.18 bits per heavy atom. The lowest BCUT2D eigenvalue weighted by Gasteiger charge is -2.28. The predicted molar refractivity (Wildman–Crippen MR) is 132 cm³/mol. The molecule has 0 radical (unpaired) electrons. The first-order valence-electron chi connectivity index (χ1n) is 11.8.